The molecule has 5 rings (SSSR count). The number of aliphatic hydroxyl groups is 2. The molecule has 0 bridgehead atoms. The van der Waals surface area contributed by atoms with Gasteiger partial charge >= 0.3 is 0 Å². The fraction of sp³-hybridized carbons (Fsp3) is 0.182. The van der Waals surface area contributed by atoms with Crippen molar-refractivity contribution in [3.63, 3.8) is 0 Å². The number of aromatic nitrogens is 2. The summed E-state index contributed by atoms with van der Waals surface area (Å²) in [5.74, 6) is 0.131. The van der Waals surface area contributed by atoms with E-state index in [1.807, 2.05) is 91.9 Å². The Labute approximate surface area is 233 Å². The highest BCUT2D eigenvalue weighted by Crippen LogP contribution is 2.28. The summed E-state index contributed by atoms with van der Waals surface area (Å²) in [5, 5.41) is 25.9. The van der Waals surface area contributed by atoms with E-state index in [0.717, 1.165) is 44.7 Å². The van der Waals surface area contributed by atoms with Crippen LogP contribution in [0.15, 0.2) is 97.1 Å². The molecule has 0 saturated heterocycles. The van der Waals surface area contributed by atoms with Gasteiger partial charge in [-0.05, 0) is 67.3 Å². The molecule has 40 heavy (non-hydrogen) atoms. The lowest BCUT2D eigenvalue weighted by Gasteiger charge is -2.14. The third-order valence-corrected chi connectivity index (χ3v) is 6.96. The Morgan fingerprint density at radius 1 is 0.850 bits per heavy atom. The van der Waals surface area contributed by atoms with Crippen molar-refractivity contribution in [2.45, 2.75) is 19.8 Å². The summed E-state index contributed by atoms with van der Waals surface area (Å²) in [6.07, 6.45) is 1.38. The average molecular weight is 533 g/mol. The summed E-state index contributed by atoms with van der Waals surface area (Å²) < 4.78 is 0. The second-order valence-electron chi connectivity index (χ2n) is 9.85. The van der Waals surface area contributed by atoms with Gasteiger partial charge in [0.15, 0.2) is 0 Å². The standard InChI is InChI=1S/C33H32N4O3/c1-22-11-12-23(13-14-24(20-38)21-39)19-30(22)35-32(40)26-15-17-27(18-16-26)34-33-36-29-10-6-5-9-28(29)31(37-33)25-7-3-2-4-8-25/h2-12,15-19,24,38-39H,13-14,20-21H2,1H3,(H,35,40)(H,34,36,37). The van der Waals surface area contributed by atoms with Crippen LogP contribution in [-0.4, -0.2) is 39.3 Å². The molecule has 0 aliphatic rings. The van der Waals surface area contributed by atoms with Gasteiger partial charge in [0.2, 0.25) is 5.95 Å². The van der Waals surface area contributed by atoms with Gasteiger partial charge < -0.3 is 20.8 Å². The number of para-hydroxylation sites is 1. The first-order valence-corrected chi connectivity index (χ1v) is 13.4. The van der Waals surface area contributed by atoms with Crippen molar-refractivity contribution in [3.05, 3.63) is 114 Å². The zero-order valence-corrected chi connectivity index (χ0v) is 22.3. The highest BCUT2D eigenvalue weighted by Gasteiger charge is 2.12. The predicted molar refractivity (Wildman–Crippen MR) is 160 cm³/mol. The van der Waals surface area contributed by atoms with Crippen molar-refractivity contribution in [2.24, 2.45) is 5.92 Å². The van der Waals surface area contributed by atoms with E-state index in [0.29, 0.717) is 24.4 Å². The topological polar surface area (TPSA) is 107 Å². The van der Waals surface area contributed by atoms with Gasteiger partial charge in [0, 0.05) is 47.0 Å². The minimum Gasteiger partial charge on any atom is -0.396 e. The number of aliphatic hydroxyl groups excluding tert-OH is 2. The van der Waals surface area contributed by atoms with E-state index in [1.54, 1.807) is 12.1 Å². The van der Waals surface area contributed by atoms with Crippen LogP contribution in [0.5, 0.6) is 0 Å². The molecule has 0 radical (unpaired) electrons. The molecule has 7 nitrogen and oxygen atoms in total. The highest BCUT2D eigenvalue weighted by molar-refractivity contribution is 6.05. The number of amides is 1. The number of rotatable bonds is 10. The van der Waals surface area contributed by atoms with Crippen LogP contribution in [-0.2, 0) is 6.42 Å². The molecule has 7 heteroatoms. The number of fused-ring (bicyclic) bond motifs is 1. The summed E-state index contributed by atoms with van der Waals surface area (Å²) in [7, 11) is 0. The number of benzene rings is 4. The molecule has 5 aromatic rings. The van der Waals surface area contributed by atoms with Crippen molar-refractivity contribution in [1.29, 1.82) is 0 Å². The van der Waals surface area contributed by atoms with Crippen LogP contribution in [0.1, 0.15) is 27.9 Å². The first-order valence-electron chi connectivity index (χ1n) is 13.4. The van der Waals surface area contributed by atoms with E-state index in [4.69, 9.17) is 9.97 Å². The van der Waals surface area contributed by atoms with Gasteiger partial charge in [-0.25, -0.2) is 9.97 Å². The van der Waals surface area contributed by atoms with Gasteiger partial charge in [-0.1, -0.05) is 60.7 Å². The van der Waals surface area contributed by atoms with E-state index in [2.05, 4.69) is 10.6 Å². The molecule has 4 aromatic carbocycles. The third kappa shape index (κ3) is 6.34. The summed E-state index contributed by atoms with van der Waals surface area (Å²) in [6, 6.07) is 31.1. The minimum atomic E-state index is -0.205. The Balaban J connectivity index is 1.30. The quantitative estimate of drug-likeness (QED) is 0.172. The number of carbonyl (C=O) groups excluding carboxylic acids is 1. The monoisotopic (exact) mass is 532 g/mol. The number of anilines is 3. The van der Waals surface area contributed by atoms with Gasteiger partial charge in [-0.3, -0.25) is 4.79 Å². The number of nitrogens with one attached hydrogen (secondary N) is 2. The second kappa shape index (κ2) is 12.5. The summed E-state index contributed by atoms with van der Waals surface area (Å²) in [5.41, 5.74) is 6.74. The Bertz CT molecular complexity index is 1600. The summed E-state index contributed by atoms with van der Waals surface area (Å²) >= 11 is 0. The van der Waals surface area contributed by atoms with Crippen LogP contribution in [0.4, 0.5) is 17.3 Å². The summed E-state index contributed by atoms with van der Waals surface area (Å²) in [4.78, 5) is 22.5. The molecule has 0 atom stereocenters. The Hall–Kier alpha value is -4.59. The van der Waals surface area contributed by atoms with E-state index in [-0.39, 0.29) is 25.0 Å². The van der Waals surface area contributed by atoms with E-state index >= 15 is 0 Å². The molecule has 4 N–H and O–H groups in total. The first kappa shape index (κ1) is 27.0. The molecule has 0 saturated carbocycles. The van der Waals surface area contributed by atoms with Crippen molar-refractivity contribution in [1.82, 2.24) is 9.97 Å². The number of aryl methyl sites for hydroxylation is 2. The Kier molecular flexibility index (Phi) is 8.44. The highest BCUT2D eigenvalue weighted by atomic mass is 16.3. The molecule has 0 unspecified atom stereocenters. The zero-order chi connectivity index (χ0) is 27.9. The molecule has 0 fully saturated rings. The first-order chi connectivity index (χ1) is 19.5. The van der Waals surface area contributed by atoms with Crippen molar-refractivity contribution < 1.29 is 15.0 Å². The van der Waals surface area contributed by atoms with Gasteiger partial charge in [0.25, 0.3) is 5.91 Å². The molecular formula is C33H32N4O3. The number of hydrogen-bond donors (Lipinski definition) is 4. The van der Waals surface area contributed by atoms with Crippen LogP contribution >= 0.6 is 0 Å². The van der Waals surface area contributed by atoms with Crippen molar-refractivity contribution in [3.8, 4) is 11.3 Å². The van der Waals surface area contributed by atoms with Crippen LogP contribution in [0.2, 0.25) is 0 Å². The molecule has 0 aliphatic carbocycles. The van der Waals surface area contributed by atoms with Crippen LogP contribution in [0, 0.1) is 12.8 Å². The normalized spacial score (nSPS) is 11.1. The molecule has 202 valence electrons. The van der Waals surface area contributed by atoms with Crippen molar-refractivity contribution >= 4 is 34.1 Å². The molecule has 1 heterocycles. The number of carbonyl (C=O) groups is 1. The number of nitrogens with zero attached hydrogens (tertiary/aromatic N) is 2. The van der Waals surface area contributed by atoms with E-state index in [9.17, 15) is 15.0 Å². The van der Waals surface area contributed by atoms with Crippen LogP contribution in [0.25, 0.3) is 22.2 Å². The lowest BCUT2D eigenvalue weighted by molar-refractivity contribution is 0.102. The molecular weight excluding hydrogens is 500 g/mol. The molecule has 0 spiro atoms. The largest absolute Gasteiger partial charge is 0.396 e. The molecule has 1 aromatic heterocycles. The van der Waals surface area contributed by atoms with Gasteiger partial charge in [0.1, 0.15) is 0 Å². The van der Waals surface area contributed by atoms with Gasteiger partial charge in [-0.2, -0.15) is 0 Å². The predicted octanol–water partition coefficient (Wildman–Crippen LogP) is 6.13. The maximum Gasteiger partial charge on any atom is 0.255 e. The van der Waals surface area contributed by atoms with E-state index < -0.39 is 0 Å². The average Bonchev–Trinajstić information content (AvgIpc) is 2.99. The van der Waals surface area contributed by atoms with Gasteiger partial charge in [0.05, 0.1) is 11.2 Å². The minimum absolute atomic E-state index is 0.0437. The zero-order valence-electron chi connectivity index (χ0n) is 22.3. The fourth-order valence-corrected chi connectivity index (χ4v) is 4.55. The van der Waals surface area contributed by atoms with Gasteiger partial charge in [-0.15, -0.1) is 0 Å². The van der Waals surface area contributed by atoms with Crippen LogP contribution < -0.4 is 10.6 Å². The van der Waals surface area contributed by atoms with Crippen molar-refractivity contribution in [2.75, 3.05) is 23.8 Å². The van der Waals surface area contributed by atoms with Crippen LogP contribution in [0.3, 0.4) is 0 Å². The number of hydrogen-bond acceptors (Lipinski definition) is 6. The lowest BCUT2D eigenvalue weighted by Crippen LogP contribution is -2.14. The Morgan fingerprint density at radius 3 is 2.33 bits per heavy atom. The Morgan fingerprint density at radius 2 is 1.57 bits per heavy atom. The lowest BCUT2D eigenvalue weighted by atomic mass is 9.99. The summed E-state index contributed by atoms with van der Waals surface area (Å²) in [6.45, 7) is 1.86. The third-order valence-electron chi connectivity index (χ3n) is 6.96. The smallest absolute Gasteiger partial charge is 0.255 e. The molecule has 0 aliphatic heterocycles. The molecule has 1 amide bonds. The maximum atomic E-state index is 13.0. The SMILES string of the molecule is Cc1ccc(CCC(CO)CO)cc1NC(=O)c1ccc(Nc2nc(-c3ccccc3)c3ccccc3n2)cc1. The fourth-order valence-electron chi connectivity index (χ4n) is 4.55. The van der Waals surface area contributed by atoms with E-state index in [1.165, 1.54) is 0 Å². The second-order valence-corrected chi connectivity index (χ2v) is 9.85. The maximum absolute atomic E-state index is 13.0.